The van der Waals surface area contributed by atoms with Gasteiger partial charge < -0.3 is 14.4 Å². The third-order valence-corrected chi connectivity index (χ3v) is 1.28. The molecule has 0 aliphatic carbocycles. The molecule has 0 aliphatic heterocycles. The Morgan fingerprint density at radius 3 is 2.31 bits per heavy atom. The zero-order chi connectivity index (χ0) is 10.4. The molecule has 7 heteroatoms. The molecule has 0 aromatic carbocycles. The Balaban J connectivity index is 4.26. The molecule has 0 heterocycles. The Labute approximate surface area is 76.5 Å². The van der Waals surface area contributed by atoms with Crippen LogP contribution in [0.25, 0.3) is 0 Å². The van der Waals surface area contributed by atoms with Crippen LogP contribution in [0.15, 0.2) is 0 Å². The van der Waals surface area contributed by atoms with E-state index >= 15 is 0 Å². The second-order valence-electron chi connectivity index (χ2n) is 2.13. The van der Waals surface area contributed by atoms with E-state index in [0.717, 1.165) is 6.92 Å². The maximum absolute atomic E-state index is 10.8. The van der Waals surface area contributed by atoms with Crippen molar-refractivity contribution >= 4 is 27.4 Å². The fourth-order valence-electron chi connectivity index (χ4n) is 0.608. The second-order valence-corrected chi connectivity index (χ2v) is 2.37. The highest BCUT2D eigenvalue weighted by atomic mass is 31.0. The summed E-state index contributed by atoms with van der Waals surface area (Å²) in [6.45, 7) is 1.07. The minimum absolute atomic E-state index is 0.604. The second kappa shape index (κ2) is 5.48. The Morgan fingerprint density at radius 2 is 2.00 bits per heavy atom. The number of carboxylic acids is 1. The predicted molar refractivity (Wildman–Crippen MR) is 43.6 cm³/mol. The van der Waals surface area contributed by atoms with Crippen molar-refractivity contribution < 1.29 is 28.8 Å². The molecule has 0 saturated heterocycles. The van der Waals surface area contributed by atoms with Gasteiger partial charge in [-0.3, -0.25) is 9.59 Å². The van der Waals surface area contributed by atoms with Crippen molar-refractivity contribution in [2.24, 2.45) is 0 Å². The monoisotopic (exact) mass is 208 g/mol. The summed E-state index contributed by atoms with van der Waals surface area (Å²) in [6.07, 6.45) is -1.99. The van der Waals surface area contributed by atoms with Crippen molar-refractivity contribution in [3.05, 3.63) is 0 Å². The normalized spacial score (nSPS) is 11.5. The van der Waals surface area contributed by atoms with Gasteiger partial charge in [-0.15, -0.1) is 0 Å². The van der Waals surface area contributed by atoms with E-state index in [9.17, 15) is 14.4 Å². The van der Waals surface area contributed by atoms with Crippen LogP contribution in [0.3, 0.4) is 0 Å². The third kappa shape index (κ3) is 5.14. The topological polar surface area (TPSA) is 89.9 Å². The van der Waals surface area contributed by atoms with Crippen LogP contribution in [0.2, 0.25) is 0 Å². The molecule has 74 valence electrons. The van der Waals surface area contributed by atoms with Gasteiger partial charge in [-0.2, -0.15) is 0 Å². The van der Waals surface area contributed by atoms with Crippen LogP contribution >= 0.6 is 9.47 Å². The van der Waals surface area contributed by atoms with Crippen molar-refractivity contribution in [2.75, 3.05) is 0 Å². The summed E-state index contributed by atoms with van der Waals surface area (Å²) in [5.74, 6) is -2.90. The highest BCUT2D eigenvalue weighted by molar-refractivity contribution is 7.10. The van der Waals surface area contributed by atoms with E-state index in [4.69, 9.17) is 5.11 Å². The van der Waals surface area contributed by atoms with E-state index in [0.29, 0.717) is 0 Å². The number of ether oxygens (including phenoxy) is 1. The molecule has 13 heavy (non-hydrogen) atoms. The zero-order valence-corrected chi connectivity index (χ0v) is 8.00. The first kappa shape index (κ1) is 11.8. The molecule has 0 saturated carbocycles. The average molecular weight is 208 g/mol. The quantitative estimate of drug-likeness (QED) is 0.505. The van der Waals surface area contributed by atoms with Crippen molar-refractivity contribution in [3.63, 3.8) is 0 Å². The van der Waals surface area contributed by atoms with E-state index in [2.05, 4.69) is 9.26 Å². The molecular formula is C6H9O6P. The SMILES string of the molecule is CC(=O)O[C@@H](CC(=O)O)C(=O)OP. The molecule has 0 bridgehead atoms. The van der Waals surface area contributed by atoms with Crippen LogP contribution in [0.1, 0.15) is 13.3 Å². The van der Waals surface area contributed by atoms with E-state index in [1.807, 2.05) is 0 Å². The van der Waals surface area contributed by atoms with Gasteiger partial charge in [0.2, 0.25) is 6.10 Å². The molecule has 0 aromatic rings. The highest BCUT2D eigenvalue weighted by Gasteiger charge is 2.25. The van der Waals surface area contributed by atoms with Crippen LogP contribution in [-0.4, -0.2) is 29.1 Å². The Bertz CT molecular complexity index is 209. The van der Waals surface area contributed by atoms with E-state index < -0.39 is 30.4 Å². The van der Waals surface area contributed by atoms with Crippen LogP contribution < -0.4 is 0 Å². The smallest absolute Gasteiger partial charge is 0.350 e. The van der Waals surface area contributed by atoms with Crippen LogP contribution in [-0.2, 0) is 23.6 Å². The molecule has 0 aromatic heterocycles. The maximum atomic E-state index is 10.8. The van der Waals surface area contributed by atoms with Gasteiger partial charge in [-0.25, -0.2) is 4.79 Å². The highest BCUT2D eigenvalue weighted by Crippen LogP contribution is 2.04. The molecule has 0 rings (SSSR count). The zero-order valence-electron chi connectivity index (χ0n) is 6.85. The molecule has 6 nitrogen and oxygen atoms in total. The molecule has 0 radical (unpaired) electrons. The Morgan fingerprint density at radius 1 is 1.46 bits per heavy atom. The van der Waals surface area contributed by atoms with Crippen molar-refractivity contribution in [2.45, 2.75) is 19.4 Å². The van der Waals surface area contributed by atoms with Crippen molar-refractivity contribution in [1.29, 1.82) is 0 Å². The average Bonchev–Trinajstić information content (AvgIpc) is 2.00. The minimum atomic E-state index is -1.38. The summed E-state index contributed by atoms with van der Waals surface area (Å²) in [7, 11) is 1.65. The number of carboxylic acid groups (broad SMARTS) is 1. The first-order valence-electron chi connectivity index (χ1n) is 3.27. The number of carbonyl (C=O) groups is 3. The molecule has 0 fully saturated rings. The first-order chi connectivity index (χ1) is 5.97. The van der Waals surface area contributed by atoms with Gasteiger partial charge in [-0.1, -0.05) is 0 Å². The van der Waals surface area contributed by atoms with Crippen molar-refractivity contribution in [3.8, 4) is 0 Å². The number of rotatable bonds is 4. The van der Waals surface area contributed by atoms with Gasteiger partial charge in [0.15, 0.2) is 0 Å². The number of esters is 1. The maximum Gasteiger partial charge on any atom is 0.350 e. The van der Waals surface area contributed by atoms with Crippen LogP contribution in [0.4, 0.5) is 0 Å². The lowest BCUT2D eigenvalue weighted by molar-refractivity contribution is -0.163. The number of hydrogen-bond donors (Lipinski definition) is 1. The summed E-state index contributed by atoms with van der Waals surface area (Å²) < 4.78 is 8.56. The molecular weight excluding hydrogens is 199 g/mol. The Hall–Kier alpha value is -1.16. The van der Waals surface area contributed by atoms with E-state index in [1.54, 1.807) is 9.47 Å². The van der Waals surface area contributed by atoms with Gasteiger partial charge in [0, 0.05) is 6.92 Å². The molecule has 1 unspecified atom stereocenters. The molecule has 2 atom stereocenters. The van der Waals surface area contributed by atoms with Gasteiger partial charge in [0.05, 0.1) is 15.9 Å². The van der Waals surface area contributed by atoms with E-state index in [-0.39, 0.29) is 0 Å². The molecule has 0 spiro atoms. The van der Waals surface area contributed by atoms with Crippen molar-refractivity contribution in [1.82, 2.24) is 0 Å². The summed E-state index contributed by atoms with van der Waals surface area (Å²) in [6, 6.07) is 0. The Kier molecular flexibility index (Phi) is 4.99. The number of aliphatic carboxylic acids is 1. The number of hydrogen-bond acceptors (Lipinski definition) is 5. The number of carbonyl (C=O) groups excluding carboxylic acids is 2. The lowest BCUT2D eigenvalue weighted by Crippen LogP contribution is -2.29. The predicted octanol–water partition coefficient (Wildman–Crippen LogP) is -0.274. The molecule has 1 N–H and O–H groups in total. The molecule has 0 aliphatic rings. The lowest BCUT2D eigenvalue weighted by Gasteiger charge is -2.11. The van der Waals surface area contributed by atoms with Gasteiger partial charge in [0.25, 0.3) is 0 Å². The summed E-state index contributed by atoms with van der Waals surface area (Å²) in [5.41, 5.74) is 0. The summed E-state index contributed by atoms with van der Waals surface area (Å²) in [4.78, 5) is 31.4. The molecule has 0 amide bonds. The fraction of sp³-hybridized carbons (Fsp3) is 0.500. The third-order valence-electron chi connectivity index (χ3n) is 1.05. The van der Waals surface area contributed by atoms with Gasteiger partial charge in [-0.05, 0) is 0 Å². The lowest BCUT2D eigenvalue weighted by atomic mass is 10.2. The van der Waals surface area contributed by atoms with Crippen LogP contribution in [0, 0.1) is 0 Å². The summed E-state index contributed by atoms with van der Waals surface area (Å²) in [5, 5.41) is 8.34. The first-order valence-corrected chi connectivity index (χ1v) is 3.74. The largest absolute Gasteiger partial charge is 0.481 e. The van der Waals surface area contributed by atoms with Gasteiger partial charge >= 0.3 is 17.9 Å². The summed E-state index contributed by atoms with van der Waals surface area (Å²) >= 11 is 0. The fourth-order valence-corrected chi connectivity index (χ4v) is 0.760. The minimum Gasteiger partial charge on any atom is -0.481 e. The van der Waals surface area contributed by atoms with E-state index in [1.165, 1.54) is 0 Å². The standard InChI is InChI=1S/C6H9O6P/c1-3(7)11-4(2-5(8)9)6(10)12-13/h4H,2,13H2,1H3,(H,8,9)/t4-/m0/s1. The van der Waals surface area contributed by atoms with Crippen LogP contribution in [0.5, 0.6) is 0 Å². The van der Waals surface area contributed by atoms with Gasteiger partial charge in [0.1, 0.15) is 0 Å².